The number of amides is 3. The molecule has 2 N–H and O–H groups in total. The lowest BCUT2D eigenvalue weighted by molar-refractivity contribution is -0.122. The Hall–Kier alpha value is -2.37. The first-order valence-electron chi connectivity index (χ1n) is 7.29. The molecule has 0 aliphatic heterocycles. The topological polar surface area (TPSA) is 78.5 Å². The normalized spacial score (nSPS) is 10.2. The van der Waals surface area contributed by atoms with E-state index in [0.717, 1.165) is 0 Å². The summed E-state index contributed by atoms with van der Waals surface area (Å²) in [5.74, 6) is -0.634. The number of benzene rings is 1. The van der Waals surface area contributed by atoms with Crippen LogP contribution in [0.15, 0.2) is 24.3 Å². The lowest BCUT2D eigenvalue weighted by atomic mass is 10.1. The molecule has 0 saturated heterocycles. The number of nitrogens with zero attached hydrogens (tertiary/aromatic N) is 1. The molecule has 120 valence electrons. The number of carbonyl (C=O) groups is 3. The largest absolute Gasteiger partial charge is 0.352 e. The third-order valence-electron chi connectivity index (χ3n) is 2.88. The van der Waals surface area contributed by atoms with Crippen molar-refractivity contribution in [2.24, 2.45) is 0 Å². The van der Waals surface area contributed by atoms with Crippen molar-refractivity contribution in [1.82, 2.24) is 10.2 Å². The van der Waals surface area contributed by atoms with E-state index in [-0.39, 0.29) is 30.3 Å². The van der Waals surface area contributed by atoms with Gasteiger partial charge in [0.25, 0.3) is 5.91 Å². The molecule has 0 aliphatic rings. The highest BCUT2D eigenvalue weighted by molar-refractivity contribution is 5.98. The summed E-state index contributed by atoms with van der Waals surface area (Å²) in [5, 5.41) is 5.40. The van der Waals surface area contributed by atoms with Crippen molar-refractivity contribution in [3.63, 3.8) is 0 Å². The predicted octanol–water partition coefficient (Wildman–Crippen LogP) is 1.63. The van der Waals surface area contributed by atoms with Gasteiger partial charge in [0.05, 0.1) is 6.54 Å². The van der Waals surface area contributed by atoms with E-state index in [2.05, 4.69) is 10.6 Å². The molecule has 0 bridgehead atoms. The molecule has 1 rings (SSSR count). The van der Waals surface area contributed by atoms with Crippen LogP contribution in [0.5, 0.6) is 0 Å². The number of hydrogen-bond acceptors (Lipinski definition) is 3. The summed E-state index contributed by atoms with van der Waals surface area (Å²) in [4.78, 5) is 36.8. The summed E-state index contributed by atoms with van der Waals surface area (Å²) < 4.78 is 0. The molecule has 0 unspecified atom stereocenters. The lowest BCUT2D eigenvalue weighted by Gasteiger charge is -2.21. The molecule has 1 aromatic rings. The Morgan fingerprint density at radius 2 is 1.91 bits per heavy atom. The molecule has 3 amide bonds. The van der Waals surface area contributed by atoms with Crippen LogP contribution in [-0.2, 0) is 9.59 Å². The van der Waals surface area contributed by atoms with Gasteiger partial charge in [0.2, 0.25) is 11.8 Å². The molecule has 0 atom stereocenters. The van der Waals surface area contributed by atoms with E-state index >= 15 is 0 Å². The number of likely N-dealkylation sites (N-methyl/N-ethyl adjacent to an activating group) is 1. The van der Waals surface area contributed by atoms with E-state index in [1.807, 2.05) is 20.8 Å². The fourth-order valence-electron chi connectivity index (χ4n) is 1.98. The van der Waals surface area contributed by atoms with Gasteiger partial charge in [-0.25, -0.2) is 0 Å². The predicted molar refractivity (Wildman–Crippen MR) is 85.6 cm³/mol. The van der Waals surface area contributed by atoms with E-state index < -0.39 is 0 Å². The molecule has 6 nitrogen and oxygen atoms in total. The van der Waals surface area contributed by atoms with Gasteiger partial charge in [-0.2, -0.15) is 0 Å². The maximum atomic E-state index is 12.5. The Morgan fingerprint density at radius 1 is 1.23 bits per heavy atom. The highest BCUT2D eigenvalue weighted by Gasteiger charge is 2.18. The Labute approximate surface area is 130 Å². The van der Waals surface area contributed by atoms with E-state index in [4.69, 9.17) is 0 Å². The average molecular weight is 305 g/mol. The Morgan fingerprint density at radius 3 is 2.45 bits per heavy atom. The number of carbonyl (C=O) groups excluding carboxylic acids is 3. The summed E-state index contributed by atoms with van der Waals surface area (Å²) in [6.45, 7) is 7.40. The fraction of sp³-hybridized carbons (Fsp3) is 0.438. The minimum atomic E-state index is -0.242. The smallest absolute Gasteiger partial charge is 0.254 e. The number of anilines is 1. The first-order valence-corrected chi connectivity index (χ1v) is 7.29. The molecule has 0 spiro atoms. The van der Waals surface area contributed by atoms with Crippen LogP contribution in [0, 0.1) is 0 Å². The van der Waals surface area contributed by atoms with Crippen molar-refractivity contribution in [2.75, 3.05) is 18.4 Å². The SMILES string of the molecule is CCN(CC(=O)NC(C)C)C(=O)c1cccc(NC(C)=O)c1. The molecule has 6 heteroatoms. The van der Waals surface area contributed by atoms with Gasteiger partial charge >= 0.3 is 0 Å². The van der Waals surface area contributed by atoms with Crippen LogP contribution in [0.1, 0.15) is 38.1 Å². The van der Waals surface area contributed by atoms with Crippen molar-refractivity contribution in [3.05, 3.63) is 29.8 Å². The van der Waals surface area contributed by atoms with Crippen LogP contribution >= 0.6 is 0 Å². The van der Waals surface area contributed by atoms with Gasteiger partial charge in [0.15, 0.2) is 0 Å². The van der Waals surface area contributed by atoms with Crippen LogP contribution < -0.4 is 10.6 Å². The number of nitrogens with one attached hydrogen (secondary N) is 2. The van der Waals surface area contributed by atoms with Gasteiger partial charge < -0.3 is 15.5 Å². The van der Waals surface area contributed by atoms with E-state index in [9.17, 15) is 14.4 Å². The lowest BCUT2D eigenvalue weighted by Crippen LogP contribution is -2.42. The maximum Gasteiger partial charge on any atom is 0.254 e. The van der Waals surface area contributed by atoms with Gasteiger partial charge in [-0.15, -0.1) is 0 Å². The zero-order valence-electron chi connectivity index (χ0n) is 13.5. The zero-order valence-corrected chi connectivity index (χ0v) is 13.5. The van der Waals surface area contributed by atoms with Crippen LogP contribution in [0.2, 0.25) is 0 Å². The van der Waals surface area contributed by atoms with Crippen molar-refractivity contribution in [2.45, 2.75) is 33.7 Å². The van der Waals surface area contributed by atoms with Gasteiger partial charge in [-0.05, 0) is 39.0 Å². The second kappa shape index (κ2) is 8.17. The average Bonchev–Trinajstić information content (AvgIpc) is 2.42. The molecule has 0 fully saturated rings. The monoisotopic (exact) mass is 305 g/mol. The van der Waals surface area contributed by atoms with Gasteiger partial charge in [0.1, 0.15) is 0 Å². The van der Waals surface area contributed by atoms with Crippen molar-refractivity contribution in [3.8, 4) is 0 Å². The van der Waals surface area contributed by atoms with Crippen LogP contribution in [-0.4, -0.2) is 41.8 Å². The third-order valence-corrected chi connectivity index (χ3v) is 2.88. The van der Waals surface area contributed by atoms with E-state index in [1.54, 1.807) is 24.3 Å². The molecule has 1 aromatic carbocycles. The molecule has 0 saturated carbocycles. The first-order chi connectivity index (χ1) is 10.3. The minimum Gasteiger partial charge on any atom is -0.352 e. The quantitative estimate of drug-likeness (QED) is 0.838. The molecule has 0 radical (unpaired) electrons. The van der Waals surface area contributed by atoms with Crippen molar-refractivity contribution < 1.29 is 14.4 Å². The van der Waals surface area contributed by atoms with E-state index in [1.165, 1.54) is 11.8 Å². The van der Waals surface area contributed by atoms with E-state index in [0.29, 0.717) is 17.8 Å². The minimum absolute atomic E-state index is 0.0118. The highest BCUT2D eigenvalue weighted by Crippen LogP contribution is 2.13. The molecule has 0 heterocycles. The van der Waals surface area contributed by atoms with Crippen molar-refractivity contribution >= 4 is 23.4 Å². The van der Waals surface area contributed by atoms with Gasteiger partial charge in [-0.1, -0.05) is 6.07 Å². The standard InChI is InChI=1S/C16H23N3O3/c1-5-19(10-15(21)17-11(2)3)16(22)13-7-6-8-14(9-13)18-12(4)20/h6-9,11H,5,10H2,1-4H3,(H,17,21)(H,18,20). The first kappa shape index (κ1) is 17.7. The molecular weight excluding hydrogens is 282 g/mol. The third kappa shape index (κ3) is 5.55. The number of hydrogen-bond donors (Lipinski definition) is 2. The summed E-state index contributed by atoms with van der Waals surface area (Å²) in [5.41, 5.74) is 0.992. The fourth-order valence-corrected chi connectivity index (χ4v) is 1.98. The molecule has 0 aromatic heterocycles. The molecule has 0 aliphatic carbocycles. The van der Waals surface area contributed by atoms with Gasteiger partial charge in [0, 0.05) is 30.8 Å². The zero-order chi connectivity index (χ0) is 16.7. The maximum absolute atomic E-state index is 12.5. The Balaban J connectivity index is 2.83. The molecule has 22 heavy (non-hydrogen) atoms. The summed E-state index contributed by atoms with van der Waals surface area (Å²) in [7, 11) is 0. The Bertz CT molecular complexity index is 555. The summed E-state index contributed by atoms with van der Waals surface area (Å²) in [6.07, 6.45) is 0. The van der Waals surface area contributed by atoms with Crippen LogP contribution in [0.4, 0.5) is 5.69 Å². The Kier molecular flexibility index (Phi) is 6.56. The van der Waals surface area contributed by atoms with Crippen LogP contribution in [0.25, 0.3) is 0 Å². The number of rotatable bonds is 6. The molecular formula is C16H23N3O3. The van der Waals surface area contributed by atoms with Gasteiger partial charge in [-0.3, -0.25) is 14.4 Å². The summed E-state index contributed by atoms with van der Waals surface area (Å²) >= 11 is 0. The second-order valence-electron chi connectivity index (χ2n) is 5.30. The second-order valence-corrected chi connectivity index (χ2v) is 5.30. The summed E-state index contributed by atoms with van der Waals surface area (Å²) in [6, 6.07) is 6.70. The highest BCUT2D eigenvalue weighted by atomic mass is 16.2. The van der Waals surface area contributed by atoms with Crippen molar-refractivity contribution in [1.29, 1.82) is 0 Å². The van der Waals surface area contributed by atoms with Crippen LogP contribution in [0.3, 0.4) is 0 Å².